The van der Waals surface area contributed by atoms with Gasteiger partial charge in [0.15, 0.2) is 0 Å². The van der Waals surface area contributed by atoms with Crippen LogP contribution in [0.5, 0.6) is 0 Å². The monoisotopic (exact) mass is 210 g/mol. The van der Waals surface area contributed by atoms with Crippen molar-refractivity contribution in [3.05, 3.63) is 11.6 Å². The molecule has 0 aromatic heterocycles. The average molecular weight is 210 g/mol. The SMILES string of the molecule is CC(=CC1CCC2CC1OC2=O)C(=O)O. The number of esters is 1. The second-order valence-electron chi connectivity index (χ2n) is 4.30. The summed E-state index contributed by atoms with van der Waals surface area (Å²) in [6.07, 6.45) is 4.06. The fourth-order valence-electron chi connectivity index (χ4n) is 2.33. The Morgan fingerprint density at radius 2 is 2.27 bits per heavy atom. The van der Waals surface area contributed by atoms with E-state index in [-0.39, 0.29) is 23.9 Å². The molecule has 3 atom stereocenters. The van der Waals surface area contributed by atoms with Gasteiger partial charge in [-0.1, -0.05) is 6.08 Å². The molecule has 1 N–H and O–H groups in total. The standard InChI is InChI=1S/C11H14O4/c1-6(10(12)13)4-7-2-3-8-5-9(7)15-11(8)14/h4,7-9H,2-3,5H2,1H3,(H,12,13). The number of ether oxygens (including phenoxy) is 1. The van der Waals surface area contributed by atoms with Crippen molar-refractivity contribution in [2.24, 2.45) is 11.8 Å². The molecule has 0 aromatic rings. The molecular formula is C11H14O4. The number of hydrogen-bond donors (Lipinski definition) is 1. The van der Waals surface area contributed by atoms with Crippen LogP contribution in [0.15, 0.2) is 11.6 Å². The Morgan fingerprint density at radius 3 is 2.93 bits per heavy atom. The summed E-state index contributed by atoms with van der Waals surface area (Å²) in [5.74, 6) is -0.862. The summed E-state index contributed by atoms with van der Waals surface area (Å²) in [7, 11) is 0. The first-order valence-electron chi connectivity index (χ1n) is 5.20. The van der Waals surface area contributed by atoms with Crippen molar-refractivity contribution in [2.75, 3.05) is 0 Å². The molecule has 1 heterocycles. The smallest absolute Gasteiger partial charge is 0.330 e. The molecule has 1 aliphatic carbocycles. The summed E-state index contributed by atoms with van der Waals surface area (Å²) in [4.78, 5) is 21.9. The van der Waals surface area contributed by atoms with Crippen molar-refractivity contribution in [3.8, 4) is 0 Å². The third-order valence-electron chi connectivity index (χ3n) is 3.25. The Labute approximate surface area is 87.9 Å². The summed E-state index contributed by atoms with van der Waals surface area (Å²) in [6.45, 7) is 1.57. The number of carbonyl (C=O) groups excluding carboxylic acids is 1. The van der Waals surface area contributed by atoms with Gasteiger partial charge in [-0.3, -0.25) is 4.79 Å². The van der Waals surface area contributed by atoms with Crippen LogP contribution in [0.3, 0.4) is 0 Å². The van der Waals surface area contributed by atoms with Crippen LogP contribution in [0.2, 0.25) is 0 Å². The van der Waals surface area contributed by atoms with E-state index in [1.807, 2.05) is 0 Å². The van der Waals surface area contributed by atoms with Crippen molar-refractivity contribution < 1.29 is 19.4 Å². The quantitative estimate of drug-likeness (QED) is 0.552. The lowest BCUT2D eigenvalue weighted by molar-refractivity contribution is -0.144. The van der Waals surface area contributed by atoms with Gasteiger partial charge in [-0.15, -0.1) is 0 Å². The van der Waals surface area contributed by atoms with Gasteiger partial charge in [-0.2, -0.15) is 0 Å². The molecule has 0 aromatic carbocycles. The zero-order valence-corrected chi connectivity index (χ0v) is 8.60. The minimum absolute atomic E-state index is 0.0600. The maximum Gasteiger partial charge on any atom is 0.330 e. The largest absolute Gasteiger partial charge is 0.478 e. The van der Waals surface area contributed by atoms with Gasteiger partial charge in [0.05, 0.1) is 5.92 Å². The molecule has 82 valence electrons. The summed E-state index contributed by atoms with van der Waals surface area (Å²) >= 11 is 0. The van der Waals surface area contributed by atoms with Gasteiger partial charge in [0.2, 0.25) is 0 Å². The van der Waals surface area contributed by atoms with E-state index in [9.17, 15) is 9.59 Å². The molecule has 1 saturated heterocycles. The van der Waals surface area contributed by atoms with Crippen molar-refractivity contribution in [2.45, 2.75) is 32.3 Å². The van der Waals surface area contributed by atoms with E-state index >= 15 is 0 Å². The third-order valence-corrected chi connectivity index (χ3v) is 3.25. The number of carbonyl (C=O) groups is 2. The molecule has 3 unspecified atom stereocenters. The van der Waals surface area contributed by atoms with Gasteiger partial charge in [0, 0.05) is 11.5 Å². The van der Waals surface area contributed by atoms with Crippen LogP contribution in [0.1, 0.15) is 26.2 Å². The number of aliphatic carboxylic acids is 1. The normalized spacial score (nSPS) is 35.1. The fraction of sp³-hybridized carbons (Fsp3) is 0.636. The molecular weight excluding hydrogens is 196 g/mol. The Balaban J connectivity index is 2.09. The van der Waals surface area contributed by atoms with Crippen LogP contribution in [0.25, 0.3) is 0 Å². The molecule has 4 nitrogen and oxygen atoms in total. The molecule has 2 aliphatic rings. The van der Waals surface area contributed by atoms with Crippen LogP contribution in [0.4, 0.5) is 0 Å². The topological polar surface area (TPSA) is 63.6 Å². The lowest BCUT2D eigenvalue weighted by atomic mass is 9.81. The van der Waals surface area contributed by atoms with Gasteiger partial charge >= 0.3 is 11.9 Å². The van der Waals surface area contributed by atoms with Gasteiger partial charge in [0.1, 0.15) is 6.10 Å². The van der Waals surface area contributed by atoms with Crippen LogP contribution in [-0.4, -0.2) is 23.1 Å². The molecule has 1 aliphatic heterocycles. The summed E-state index contributed by atoms with van der Waals surface area (Å²) in [5.41, 5.74) is 0.335. The van der Waals surface area contributed by atoms with Crippen molar-refractivity contribution in [1.29, 1.82) is 0 Å². The number of hydrogen-bond acceptors (Lipinski definition) is 3. The second-order valence-corrected chi connectivity index (χ2v) is 4.30. The van der Waals surface area contributed by atoms with Crippen molar-refractivity contribution in [3.63, 3.8) is 0 Å². The third kappa shape index (κ3) is 1.89. The Hall–Kier alpha value is -1.32. The lowest BCUT2D eigenvalue weighted by Crippen LogP contribution is -2.22. The highest BCUT2D eigenvalue weighted by molar-refractivity contribution is 5.85. The van der Waals surface area contributed by atoms with Gasteiger partial charge in [0.25, 0.3) is 0 Å². The van der Waals surface area contributed by atoms with Crippen LogP contribution >= 0.6 is 0 Å². The van der Waals surface area contributed by atoms with Crippen molar-refractivity contribution >= 4 is 11.9 Å². The first kappa shape index (κ1) is 10.2. The molecule has 0 amide bonds. The molecule has 2 bridgehead atoms. The highest BCUT2D eigenvalue weighted by Gasteiger charge is 2.42. The van der Waals surface area contributed by atoms with Gasteiger partial charge < -0.3 is 9.84 Å². The van der Waals surface area contributed by atoms with E-state index < -0.39 is 5.97 Å². The van der Waals surface area contributed by atoms with Crippen LogP contribution in [0, 0.1) is 11.8 Å². The van der Waals surface area contributed by atoms with E-state index in [0.717, 1.165) is 19.3 Å². The highest BCUT2D eigenvalue weighted by Crippen LogP contribution is 2.38. The Kier molecular flexibility index (Phi) is 2.50. The zero-order chi connectivity index (χ0) is 11.0. The van der Waals surface area contributed by atoms with Crippen LogP contribution < -0.4 is 0 Å². The van der Waals surface area contributed by atoms with E-state index in [2.05, 4.69) is 0 Å². The second kappa shape index (κ2) is 3.68. The molecule has 4 heteroatoms. The van der Waals surface area contributed by atoms with Crippen molar-refractivity contribution in [1.82, 2.24) is 0 Å². The number of fused-ring (bicyclic) bond motifs is 2. The molecule has 2 rings (SSSR count). The maximum absolute atomic E-state index is 11.3. The van der Waals surface area contributed by atoms with Gasteiger partial charge in [-0.05, 0) is 26.2 Å². The Bertz CT molecular complexity index is 331. The maximum atomic E-state index is 11.3. The summed E-state index contributed by atoms with van der Waals surface area (Å²) in [5, 5.41) is 8.76. The predicted molar refractivity (Wildman–Crippen MR) is 52.1 cm³/mol. The molecule has 0 radical (unpaired) electrons. The average Bonchev–Trinajstić information content (AvgIpc) is 2.48. The fourth-order valence-corrected chi connectivity index (χ4v) is 2.33. The minimum atomic E-state index is -0.901. The van der Waals surface area contributed by atoms with E-state index in [0.29, 0.717) is 5.57 Å². The molecule has 1 saturated carbocycles. The van der Waals surface area contributed by atoms with E-state index in [1.165, 1.54) is 0 Å². The number of carboxylic acids is 1. The summed E-state index contributed by atoms with van der Waals surface area (Å²) in [6, 6.07) is 0. The molecule has 15 heavy (non-hydrogen) atoms. The predicted octanol–water partition coefficient (Wildman–Crippen LogP) is 1.36. The Morgan fingerprint density at radius 1 is 1.53 bits per heavy atom. The van der Waals surface area contributed by atoms with Crippen LogP contribution in [-0.2, 0) is 14.3 Å². The van der Waals surface area contributed by atoms with E-state index in [4.69, 9.17) is 9.84 Å². The molecule has 2 fully saturated rings. The zero-order valence-electron chi connectivity index (χ0n) is 8.60. The summed E-state index contributed by atoms with van der Waals surface area (Å²) < 4.78 is 5.20. The lowest BCUT2D eigenvalue weighted by Gasteiger charge is -2.22. The number of rotatable bonds is 2. The first-order chi connectivity index (χ1) is 7.08. The first-order valence-corrected chi connectivity index (χ1v) is 5.20. The number of carboxylic acid groups (broad SMARTS) is 1. The van der Waals surface area contributed by atoms with E-state index in [1.54, 1.807) is 13.0 Å². The molecule has 0 spiro atoms. The highest BCUT2D eigenvalue weighted by atomic mass is 16.6. The minimum Gasteiger partial charge on any atom is -0.478 e. The van der Waals surface area contributed by atoms with Gasteiger partial charge in [-0.25, -0.2) is 4.79 Å².